The Morgan fingerprint density at radius 1 is 1.30 bits per heavy atom. The summed E-state index contributed by atoms with van der Waals surface area (Å²) in [5, 5.41) is 29.3. The van der Waals surface area contributed by atoms with E-state index in [1.807, 2.05) is 0 Å². The third-order valence-corrected chi connectivity index (χ3v) is 2.89. The minimum atomic E-state index is -1.31. The van der Waals surface area contributed by atoms with Crippen molar-refractivity contribution in [3.63, 3.8) is 0 Å². The molecule has 8 nitrogen and oxygen atoms in total. The number of carboxylic acid groups (broad SMARTS) is 2. The van der Waals surface area contributed by atoms with Crippen LogP contribution in [0.4, 0.5) is 0 Å². The van der Waals surface area contributed by atoms with Crippen molar-refractivity contribution in [1.82, 2.24) is 5.32 Å². The van der Waals surface area contributed by atoms with Crippen LogP contribution in [0.3, 0.4) is 0 Å². The third-order valence-electron chi connectivity index (χ3n) is 2.89. The van der Waals surface area contributed by atoms with Gasteiger partial charge in [0, 0.05) is 12.5 Å². The van der Waals surface area contributed by atoms with Crippen molar-refractivity contribution in [3.05, 3.63) is 29.8 Å². The van der Waals surface area contributed by atoms with Crippen LogP contribution in [-0.4, -0.2) is 46.3 Å². The number of aliphatic carboxylic acids is 2. The molecule has 0 aromatic heterocycles. The maximum Gasteiger partial charge on any atom is 0.326 e. The van der Waals surface area contributed by atoms with Gasteiger partial charge in [-0.15, -0.1) is 0 Å². The van der Waals surface area contributed by atoms with E-state index in [9.17, 15) is 19.5 Å². The summed E-state index contributed by atoms with van der Waals surface area (Å²) in [7, 11) is 1.40. The number of carboxylic acids is 2. The molecule has 0 aliphatic carbocycles. The highest BCUT2D eigenvalue weighted by atomic mass is 16.5. The third kappa shape index (κ3) is 6.08. The number of benzene rings is 1. The molecular weight excluding hydrogens is 306 g/mol. The predicted molar refractivity (Wildman–Crippen MR) is 80.1 cm³/mol. The van der Waals surface area contributed by atoms with E-state index in [1.165, 1.54) is 25.3 Å². The van der Waals surface area contributed by atoms with Crippen LogP contribution < -0.4 is 10.1 Å². The van der Waals surface area contributed by atoms with Crippen LogP contribution in [0.25, 0.3) is 6.08 Å². The number of nitrogens with one attached hydrogen (secondary N) is 1. The van der Waals surface area contributed by atoms with Gasteiger partial charge in [-0.25, -0.2) is 4.79 Å². The zero-order valence-corrected chi connectivity index (χ0v) is 12.4. The van der Waals surface area contributed by atoms with Gasteiger partial charge in [-0.1, -0.05) is 6.07 Å². The zero-order chi connectivity index (χ0) is 17.4. The van der Waals surface area contributed by atoms with Crippen molar-refractivity contribution in [2.24, 2.45) is 0 Å². The van der Waals surface area contributed by atoms with E-state index in [1.54, 1.807) is 6.07 Å². The van der Waals surface area contributed by atoms with Crippen LogP contribution in [-0.2, 0) is 14.4 Å². The summed E-state index contributed by atoms with van der Waals surface area (Å²) in [6.45, 7) is 0. The van der Waals surface area contributed by atoms with E-state index >= 15 is 0 Å². The number of ether oxygens (including phenoxy) is 1. The lowest BCUT2D eigenvalue weighted by Crippen LogP contribution is -2.40. The van der Waals surface area contributed by atoms with Gasteiger partial charge in [-0.05, 0) is 30.2 Å². The molecule has 0 unspecified atom stereocenters. The molecule has 0 saturated carbocycles. The summed E-state index contributed by atoms with van der Waals surface area (Å²) in [6.07, 6.45) is 1.89. The minimum Gasteiger partial charge on any atom is -0.504 e. The van der Waals surface area contributed by atoms with E-state index in [-0.39, 0.29) is 24.3 Å². The predicted octanol–water partition coefficient (Wildman–Crippen LogP) is 0.848. The van der Waals surface area contributed by atoms with Crippen LogP contribution in [0.15, 0.2) is 24.3 Å². The fourth-order valence-corrected chi connectivity index (χ4v) is 1.73. The van der Waals surface area contributed by atoms with Gasteiger partial charge in [0.05, 0.1) is 7.11 Å². The highest BCUT2D eigenvalue weighted by Gasteiger charge is 2.19. The monoisotopic (exact) mass is 323 g/mol. The topological polar surface area (TPSA) is 133 Å². The van der Waals surface area contributed by atoms with Gasteiger partial charge in [0.15, 0.2) is 11.5 Å². The summed E-state index contributed by atoms with van der Waals surface area (Å²) in [5.74, 6) is -2.95. The number of hydrogen-bond donors (Lipinski definition) is 4. The highest BCUT2D eigenvalue weighted by molar-refractivity contribution is 5.94. The molecule has 1 aromatic rings. The van der Waals surface area contributed by atoms with Crippen LogP contribution in [0, 0.1) is 0 Å². The SMILES string of the molecule is COc1ccc(/C=C\C(=O)N[C@@H](CCC(=O)O)C(=O)O)cc1O. The Balaban J connectivity index is 2.68. The van der Waals surface area contributed by atoms with Gasteiger partial charge in [-0.3, -0.25) is 9.59 Å². The average molecular weight is 323 g/mol. The molecule has 0 aliphatic heterocycles. The van der Waals surface area contributed by atoms with Crippen molar-refractivity contribution in [2.45, 2.75) is 18.9 Å². The Morgan fingerprint density at radius 3 is 2.52 bits per heavy atom. The first-order chi connectivity index (χ1) is 10.8. The van der Waals surface area contributed by atoms with Gasteiger partial charge >= 0.3 is 11.9 Å². The highest BCUT2D eigenvalue weighted by Crippen LogP contribution is 2.26. The first-order valence-corrected chi connectivity index (χ1v) is 6.63. The fourth-order valence-electron chi connectivity index (χ4n) is 1.73. The van der Waals surface area contributed by atoms with E-state index in [4.69, 9.17) is 14.9 Å². The maximum absolute atomic E-state index is 11.7. The molecule has 0 aliphatic rings. The molecule has 23 heavy (non-hydrogen) atoms. The second-order valence-electron chi connectivity index (χ2n) is 4.60. The van der Waals surface area contributed by atoms with Crippen molar-refractivity contribution < 1.29 is 34.4 Å². The normalized spacial score (nSPS) is 11.9. The van der Waals surface area contributed by atoms with Crippen LogP contribution in [0.5, 0.6) is 11.5 Å². The van der Waals surface area contributed by atoms with Gasteiger partial charge in [0.1, 0.15) is 6.04 Å². The van der Waals surface area contributed by atoms with E-state index in [0.717, 1.165) is 6.08 Å². The molecule has 8 heteroatoms. The molecule has 0 saturated heterocycles. The second-order valence-corrected chi connectivity index (χ2v) is 4.60. The Kier molecular flexibility index (Phi) is 6.60. The molecule has 124 valence electrons. The molecule has 4 N–H and O–H groups in total. The van der Waals surface area contributed by atoms with Gasteiger partial charge in [-0.2, -0.15) is 0 Å². The number of phenolic OH excluding ortho intramolecular Hbond substituents is 1. The number of carbonyl (C=O) groups is 3. The molecule has 1 atom stereocenters. The molecule has 0 heterocycles. The Bertz CT molecular complexity index is 624. The van der Waals surface area contributed by atoms with Crippen LogP contribution >= 0.6 is 0 Å². The largest absolute Gasteiger partial charge is 0.504 e. The standard InChI is InChI=1S/C15H17NO7/c1-23-12-5-2-9(8-11(12)17)3-6-13(18)16-10(15(21)22)4-7-14(19)20/h2-3,5-6,8,10,17H,4,7H2,1H3,(H,16,18)(H,19,20)(H,21,22)/b6-3-/t10-/m0/s1. The molecule has 0 spiro atoms. The number of aromatic hydroxyl groups is 1. The lowest BCUT2D eigenvalue weighted by Gasteiger charge is -2.11. The first kappa shape index (κ1) is 18.0. The van der Waals surface area contributed by atoms with Crippen LogP contribution in [0.1, 0.15) is 18.4 Å². The molecular formula is C15H17NO7. The van der Waals surface area contributed by atoms with Crippen molar-refractivity contribution in [1.29, 1.82) is 0 Å². The summed E-state index contributed by atoms with van der Waals surface area (Å²) in [5.41, 5.74) is 0.510. The zero-order valence-electron chi connectivity index (χ0n) is 12.4. The van der Waals surface area contributed by atoms with Crippen molar-refractivity contribution in [3.8, 4) is 11.5 Å². The summed E-state index contributed by atoms with van der Waals surface area (Å²) >= 11 is 0. The lowest BCUT2D eigenvalue weighted by molar-refractivity contribution is -0.142. The Morgan fingerprint density at radius 2 is 2.00 bits per heavy atom. The number of phenols is 1. The molecule has 1 rings (SSSR count). The Hall–Kier alpha value is -3.03. The minimum absolute atomic E-state index is 0.0973. The summed E-state index contributed by atoms with van der Waals surface area (Å²) in [4.78, 5) is 33.1. The number of rotatable bonds is 8. The number of amides is 1. The number of hydrogen-bond acceptors (Lipinski definition) is 5. The van der Waals surface area contributed by atoms with Crippen molar-refractivity contribution in [2.75, 3.05) is 7.11 Å². The summed E-state index contributed by atoms with van der Waals surface area (Å²) < 4.78 is 4.88. The number of carbonyl (C=O) groups excluding carboxylic acids is 1. The summed E-state index contributed by atoms with van der Waals surface area (Å²) in [6, 6.07) is 3.20. The van der Waals surface area contributed by atoms with Crippen molar-refractivity contribution >= 4 is 23.9 Å². The van der Waals surface area contributed by atoms with Gasteiger partial charge < -0.3 is 25.4 Å². The smallest absolute Gasteiger partial charge is 0.326 e. The van der Waals surface area contributed by atoms with E-state index in [2.05, 4.69) is 5.32 Å². The number of methoxy groups -OCH3 is 1. The van der Waals surface area contributed by atoms with E-state index < -0.39 is 23.9 Å². The molecule has 0 radical (unpaired) electrons. The van der Waals surface area contributed by atoms with Gasteiger partial charge in [0.2, 0.25) is 5.91 Å². The molecule has 1 aromatic carbocycles. The second kappa shape index (κ2) is 8.42. The quantitative estimate of drug-likeness (QED) is 0.521. The maximum atomic E-state index is 11.7. The fraction of sp³-hybridized carbons (Fsp3) is 0.267. The molecule has 0 bridgehead atoms. The first-order valence-electron chi connectivity index (χ1n) is 6.63. The molecule has 1 amide bonds. The average Bonchev–Trinajstić information content (AvgIpc) is 2.49. The Labute approximate surface area is 132 Å². The molecule has 0 fully saturated rings. The van der Waals surface area contributed by atoms with Gasteiger partial charge in [0.25, 0.3) is 0 Å². The lowest BCUT2D eigenvalue weighted by atomic mass is 10.1. The van der Waals surface area contributed by atoms with Crippen LogP contribution in [0.2, 0.25) is 0 Å². The van der Waals surface area contributed by atoms with E-state index in [0.29, 0.717) is 5.56 Å².